The normalized spacial score (nSPS) is 11.9. The fourth-order valence-electron chi connectivity index (χ4n) is 3.02. The number of fused-ring (bicyclic) bond motifs is 1. The van der Waals surface area contributed by atoms with Gasteiger partial charge >= 0.3 is 6.18 Å². The average Bonchev–Trinajstić information content (AvgIpc) is 3.21. The van der Waals surface area contributed by atoms with Crippen LogP contribution in [0.3, 0.4) is 0 Å². The number of hydrogen-bond donors (Lipinski definition) is 2. The van der Waals surface area contributed by atoms with Gasteiger partial charge in [-0.3, -0.25) is 9.79 Å². The quantitative estimate of drug-likeness (QED) is 0.121. The van der Waals surface area contributed by atoms with E-state index in [9.17, 15) is 23.1 Å². The first kappa shape index (κ1) is 26.2. The van der Waals surface area contributed by atoms with Crippen LogP contribution in [0.5, 0.6) is 5.75 Å². The number of aromatic hydroxyl groups is 1. The lowest BCUT2D eigenvalue weighted by molar-refractivity contribution is -0.137. The van der Waals surface area contributed by atoms with Crippen LogP contribution in [0.15, 0.2) is 63.9 Å². The van der Waals surface area contributed by atoms with Crippen LogP contribution in [0.4, 0.5) is 24.5 Å². The van der Waals surface area contributed by atoms with Crippen LogP contribution in [-0.2, 0) is 11.0 Å². The molecule has 1 amide bonds. The van der Waals surface area contributed by atoms with E-state index in [1.807, 2.05) is 18.2 Å². The van der Waals surface area contributed by atoms with Crippen molar-refractivity contribution in [1.29, 1.82) is 0 Å². The maximum atomic E-state index is 13.1. The van der Waals surface area contributed by atoms with E-state index < -0.39 is 17.6 Å². The van der Waals surface area contributed by atoms with Crippen molar-refractivity contribution in [2.45, 2.75) is 10.5 Å². The standard InChI is InChI=1S/C23H14F3I2N3O2S2/c24-23(25,26)15-3-1-2-4-17(15)30-20(32)11-34-22-31-18-6-5-14(9-19(18)35-22)29-10-12-7-13(27)8-16(28)21(12)33/h1-10,33H,11H2,(H,30,32). The number of anilines is 1. The minimum Gasteiger partial charge on any atom is -0.506 e. The molecular formula is C23H14F3I2N3O2S2. The number of thioether (sulfide) groups is 1. The number of hydrogen-bond acceptors (Lipinski definition) is 6. The Labute approximate surface area is 233 Å². The van der Waals surface area contributed by atoms with E-state index in [1.54, 1.807) is 18.3 Å². The third-order valence-electron chi connectivity index (χ3n) is 4.60. The van der Waals surface area contributed by atoms with E-state index in [0.29, 0.717) is 15.6 Å². The maximum absolute atomic E-state index is 13.1. The number of nitrogens with one attached hydrogen (secondary N) is 1. The number of para-hydroxylation sites is 1. The van der Waals surface area contributed by atoms with E-state index >= 15 is 0 Å². The Morgan fingerprint density at radius 2 is 1.94 bits per heavy atom. The summed E-state index contributed by atoms with van der Waals surface area (Å²) in [6.07, 6.45) is -2.96. The van der Waals surface area contributed by atoms with E-state index in [-0.39, 0.29) is 17.2 Å². The molecule has 35 heavy (non-hydrogen) atoms. The van der Waals surface area contributed by atoms with Crippen LogP contribution in [-0.4, -0.2) is 28.0 Å². The lowest BCUT2D eigenvalue weighted by Crippen LogP contribution is -2.18. The topological polar surface area (TPSA) is 74.6 Å². The molecule has 1 aromatic heterocycles. The molecule has 0 aliphatic heterocycles. The first-order valence-electron chi connectivity index (χ1n) is 9.82. The second kappa shape index (κ2) is 11.0. The van der Waals surface area contributed by atoms with Gasteiger partial charge in [-0.2, -0.15) is 13.2 Å². The van der Waals surface area contributed by atoms with Gasteiger partial charge < -0.3 is 10.4 Å². The van der Waals surface area contributed by atoms with Crippen LogP contribution in [0, 0.1) is 7.14 Å². The molecule has 4 rings (SSSR count). The molecule has 0 atom stereocenters. The largest absolute Gasteiger partial charge is 0.506 e. The highest BCUT2D eigenvalue weighted by Gasteiger charge is 2.33. The van der Waals surface area contributed by atoms with Crippen molar-refractivity contribution in [1.82, 2.24) is 4.98 Å². The fourth-order valence-corrected chi connectivity index (χ4v) is 6.81. The molecule has 5 nitrogen and oxygen atoms in total. The highest BCUT2D eigenvalue weighted by Crippen LogP contribution is 2.35. The van der Waals surface area contributed by atoms with Crippen molar-refractivity contribution < 1.29 is 23.1 Å². The Balaban J connectivity index is 1.43. The number of rotatable bonds is 6. The number of nitrogens with zero attached hydrogens (tertiary/aromatic N) is 2. The molecule has 180 valence electrons. The molecular weight excluding hydrogens is 725 g/mol. The first-order valence-corrected chi connectivity index (χ1v) is 13.8. The molecule has 0 aliphatic carbocycles. The maximum Gasteiger partial charge on any atom is 0.418 e. The van der Waals surface area contributed by atoms with Crippen LogP contribution in [0.2, 0.25) is 0 Å². The van der Waals surface area contributed by atoms with Crippen LogP contribution in [0.25, 0.3) is 10.2 Å². The predicted molar refractivity (Wildman–Crippen MR) is 151 cm³/mol. The molecule has 1 heterocycles. The average molecular weight is 739 g/mol. The number of amides is 1. The third kappa shape index (κ3) is 6.65. The molecule has 0 fully saturated rings. The second-order valence-electron chi connectivity index (χ2n) is 7.10. The van der Waals surface area contributed by atoms with Crippen molar-refractivity contribution >= 4 is 102 Å². The van der Waals surface area contributed by atoms with Gasteiger partial charge in [0.15, 0.2) is 4.34 Å². The van der Waals surface area contributed by atoms with Gasteiger partial charge in [-0.1, -0.05) is 23.9 Å². The van der Waals surface area contributed by atoms with Crippen molar-refractivity contribution in [3.8, 4) is 5.75 Å². The number of phenols is 1. The van der Waals surface area contributed by atoms with E-state index in [4.69, 9.17) is 0 Å². The summed E-state index contributed by atoms with van der Waals surface area (Å²) in [7, 11) is 0. The summed E-state index contributed by atoms with van der Waals surface area (Å²) >= 11 is 6.75. The Hall–Kier alpha value is -1.91. The Bertz CT molecular complexity index is 1440. The minimum atomic E-state index is -4.56. The molecule has 12 heteroatoms. The molecule has 2 N–H and O–H groups in total. The molecule has 4 aromatic rings. The monoisotopic (exact) mass is 739 g/mol. The molecule has 0 bridgehead atoms. The van der Waals surface area contributed by atoms with Crippen LogP contribution in [0.1, 0.15) is 11.1 Å². The van der Waals surface area contributed by atoms with Gasteiger partial charge in [-0.15, -0.1) is 11.3 Å². The van der Waals surface area contributed by atoms with E-state index in [1.165, 1.54) is 29.5 Å². The highest BCUT2D eigenvalue weighted by atomic mass is 127. The van der Waals surface area contributed by atoms with E-state index in [0.717, 1.165) is 35.2 Å². The van der Waals surface area contributed by atoms with Crippen LogP contribution < -0.4 is 5.32 Å². The summed E-state index contributed by atoms with van der Waals surface area (Å²) in [6.45, 7) is 0. The van der Waals surface area contributed by atoms with Crippen LogP contribution >= 0.6 is 68.3 Å². The molecule has 0 radical (unpaired) electrons. The van der Waals surface area contributed by atoms with Gasteiger partial charge in [0, 0.05) is 15.3 Å². The first-order chi connectivity index (χ1) is 16.6. The lowest BCUT2D eigenvalue weighted by Gasteiger charge is -2.13. The number of halogens is 5. The highest BCUT2D eigenvalue weighted by molar-refractivity contribution is 14.1. The zero-order valence-electron chi connectivity index (χ0n) is 17.4. The number of carbonyl (C=O) groups excluding carboxylic acids is 1. The molecule has 3 aromatic carbocycles. The van der Waals surface area contributed by atoms with Gasteiger partial charge in [0.05, 0.1) is 36.5 Å². The zero-order chi connectivity index (χ0) is 25.2. The predicted octanol–water partition coefficient (Wildman–Crippen LogP) is 7.71. The van der Waals surface area contributed by atoms with Gasteiger partial charge in [-0.25, -0.2) is 4.98 Å². The SMILES string of the molecule is O=C(CSc1nc2ccc(N=Cc3cc(I)cc(I)c3O)cc2s1)Nc1ccccc1C(F)(F)F. The van der Waals surface area contributed by atoms with Gasteiger partial charge in [0.2, 0.25) is 5.91 Å². The molecule has 0 unspecified atom stereocenters. The molecule has 0 saturated heterocycles. The summed E-state index contributed by atoms with van der Waals surface area (Å²) < 4.78 is 42.5. The molecule has 0 spiro atoms. The number of aliphatic imine (C=N–C) groups is 1. The number of thiazole rings is 1. The Morgan fingerprint density at radius 1 is 1.17 bits per heavy atom. The number of phenolic OH excluding ortho intramolecular Hbond substituents is 1. The van der Waals surface area contributed by atoms with Crippen molar-refractivity contribution in [2.75, 3.05) is 11.1 Å². The van der Waals surface area contributed by atoms with Gasteiger partial charge in [0.25, 0.3) is 0 Å². The smallest absolute Gasteiger partial charge is 0.418 e. The zero-order valence-corrected chi connectivity index (χ0v) is 23.4. The number of benzene rings is 3. The third-order valence-corrected chi connectivity index (χ3v) is 8.20. The Morgan fingerprint density at radius 3 is 2.71 bits per heavy atom. The number of aromatic nitrogens is 1. The van der Waals surface area contributed by atoms with E-state index in [2.05, 4.69) is 60.5 Å². The minimum absolute atomic E-state index is 0.0818. The van der Waals surface area contributed by atoms with Crippen molar-refractivity contribution in [3.63, 3.8) is 0 Å². The van der Waals surface area contributed by atoms with Gasteiger partial charge in [-0.05, 0) is 87.6 Å². The van der Waals surface area contributed by atoms with Crippen molar-refractivity contribution in [3.05, 3.63) is 72.9 Å². The fraction of sp³-hybridized carbons (Fsp3) is 0.0870. The summed E-state index contributed by atoms with van der Waals surface area (Å²) in [5.41, 5.74) is 0.851. The lowest BCUT2D eigenvalue weighted by atomic mass is 10.1. The summed E-state index contributed by atoms with van der Waals surface area (Å²) in [4.78, 5) is 21.2. The molecule has 0 saturated carbocycles. The number of alkyl halides is 3. The summed E-state index contributed by atoms with van der Waals surface area (Å²) in [6, 6.07) is 14.0. The Kier molecular flexibility index (Phi) is 8.23. The van der Waals surface area contributed by atoms with Gasteiger partial charge in [0.1, 0.15) is 5.75 Å². The summed E-state index contributed by atoms with van der Waals surface area (Å²) in [5, 5.41) is 12.6. The number of carbonyl (C=O) groups is 1. The van der Waals surface area contributed by atoms with Crippen molar-refractivity contribution in [2.24, 2.45) is 4.99 Å². The second-order valence-corrected chi connectivity index (χ2v) is 11.8. The summed E-state index contributed by atoms with van der Waals surface area (Å²) in [5.74, 6) is -0.465. The molecule has 0 aliphatic rings.